The van der Waals surface area contributed by atoms with Crippen LogP contribution in [0.2, 0.25) is 0 Å². The topological polar surface area (TPSA) is 18.5 Å². The number of benzene rings is 2. The molecule has 0 spiro atoms. The molecule has 0 atom stereocenters. The van der Waals surface area contributed by atoms with Crippen molar-refractivity contribution in [3.63, 3.8) is 0 Å². The first kappa shape index (κ1) is 12.5. The van der Waals surface area contributed by atoms with Crippen molar-refractivity contribution in [3.8, 4) is 11.5 Å². The van der Waals surface area contributed by atoms with E-state index in [1.807, 2.05) is 48.5 Å². The van der Waals surface area contributed by atoms with Gasteiger partial charge < -0.3 is 9.47 Å². The Hall–Kier alpha value is -1.96. The molecule has 0 N–H and O–H groups in total. The van der Waals surface area contributed by atoms with Crippen LogP contribution in [0.5, 0.6) is 11.5 Å². The van der Waals surface area contributed by atoms with Crippen LogP contribution in [0.4, 0.5) is 0 Å². The number of para-hydroxylation sites is 2. The van der Waals surface area contributed by atoms with Gasteiger partial charge in [-0.2, -0.15) is 0 Å². The third-order valence-electron chi connectivity index (χ3n) is 2.65. The van der Waals surface area contributed by atoms with Crippen LogP contribution in [-0.2, 0) is 0 Å². The van der Waals surface area contributed by atoms with Crippen molar-refractivity contribution in [1.82, 2.24) is 0 Å². The first-order valence-electron chi connectivity index (χ1n) is 6.22. The molecule has 2 aromatic rings. The van der Waals surface area contributed by atoms with Gasteiger partial charge in [-0.1, -0.05) is 36.4 Å². The fraction of sp³-hybridized carbons (Fsp3) is 0.250. The Morgan fingerprint density at radius 2 is 1.44 bits per heavy atom. The SMILES string of the molecule is Cc1ccccc1OCCCOc1ccccc1. The van der Waals surface area contributed by atoms with Gasteiger partial charge >= 0.3 is 0 Å². The molecule has 2 heteroatoms. The third kappa shape index (κ3) is 3.81. The van der Waals surface area contributed by atoms with Gasteiger partial charge in [0.2, 0.25) is 0 Å². The fourth-order valence-electron chi connectivity index (χ4n) is 1.67. The maximum atomic E-state index is 5.69. The Kier molecular flexibility index (Phi) is 4.65. The summed E-state index contributed by atoms with van der Waals surface area (Å²) in [5.41, 5.74) is 1.17. The Bertz CT molecular complexity index is 466. The van der Waals surface area contributed by atoms with E-state index in [0.29, 0.717) is 13.2 Å². The Morgan fingerprint density at radius 3 is 2.22 bits per heavy atom. The molecular weight excluding hydrogens is 224 g/mol. The molecule has 0 aliphatic heterocycles. The minimum Gasteiger partial charge on any atom is -0.493 e. The molecule has 0 aromatic heterocycles. The van der Waals surface area contributed by atoms with Crippen molar-refractivity contribution in [1.29, 1.82) is 0 Å². The summed E-state index contributed by atoms with van der Waals surface area (Å²) in [6.45, 7) is 3.41. The standard InChI is InChI=1S/C16H18O2/c1-14-8-5-6-11-16(14)18-13-7-12-17-15-9-3-2-4-10-15/h2-6,8-11H,7,12-13H2,1H3. The molecule has 18 heavy (non-hydrogen) atoms. The zero-order valence-corrected chi connectivity index (χ0v) is 10.6. The van der Waals surface area contributed by atoms with Crippen LogP contribution >= 0.6 is 0 Å². The van der Waals surface area contributed by atoms with E-state index in [1.54, 1.807) is 0 Å². The van der Waals surface area contributed by atoms with Crippen LogP contribution < -0.4 is 9.47 Å². The lowest BCUT2D eigenvalue weighted by molar-refractivity contribution is 0.246. The summed E-state index contributed by atoms with van der Waals surface area (Å²) in [7, 11) is 0. The molecule has 94 valence electrons. The quantitative estimate of drug-likeness (QED) is 0.716. The van der Waals surface area contributed by atoms with Gasteiger partial charge in [-0.25, -0.2) is 0 Å². The molecule has 2 rings (SSSR count). The average Bonchev–Trinajstić information content (AvgIpc) is 2.42. The van der Waals surface area contributed by atoms with E-state index in [1.165, 1.54) is 5.56 Å². The van der Waals surface area contributed by atoms with Gasteiger partial charge in [-0.3, -0.25) is 0 Å². The molecule has 0 unspecified atom stereocenters. The summed E-state index contributed by atoms with van der Waals surface area (Å²) in [6.07, 6.45) is 0.878. The molecule has 2 aromatic carbocycles. The van der Waals surface area contributed by atoms with E-state index in [0.717, 1.165) is 17.9 Å². The average molecular weight is 242 g/mol. The lowest BCUT2D eigenvalue weighted by atomic mass is 10.2. The van der Waals surface area contributed by atoms with Gasteiger partial charge in [0.15, 0.2) is 0 Å². The highest BCUT2D eigenvalue weighted by atomic mass is 16.5. The van der Waals surface area contributed by atoms with Gasteiger partial charge in [-0.05, 0) is 30.7 Å². The summed E-state index contributed by atoms with van der Waals surface area (Å²) in [4.78, 5) is 0. The highest BCUT2D eigenvalue weighted by molar-refractivity contribution is 5.31. The van der Waals surface area contributed by atoms with Crippen molar-refractivity contribution < 1.29 is 9.47 Å². The molecule has 0 saturated heterocycles. The van der Waals surface area contributed by atoms with Gasteiger partial charge in [0.1, 0.15) is 11.5 Å². The molecule has 2 nitrogen and oxygen atoms in total. The maximum Gasteiger partial charge on any atom is 0.122 e. The molecule has 0 amide bonds. The van der Waals surface area contributed by atoms with E-state index in [-0.39, 0.29) is 0 Å². The van der Waals surface area contributed by atoms with Crippen LogP contribution in [0.1, 0.15) is 12.0 Å². The van der Waals surface area contributed by atoms with Crippen LogP contribution in [0.3, 0.4) is 0 Å². The lowest BCUT2D eigenvalue weighted by Gasteiger charge is -2.09. The molecule has 0 radical (unpaired) electrons. The smallest absolute Gasteiger partial charge is 0.122 e. The van der Waals surface area contributed by atoms with Crippen LogP contribution in [-0.4, -0.2) is 13.2 Å². The molecule has 0 saturated carbocycles. The van der Waals surface area contributed by atoms with Crippen LogP contribution in [0, 0.1) is 6.92 Å². The van der Waals surface area contributed by atoms with Gasteiger partial charge in [0.05, 0.1) is 13.2 Å². The normalized spacial score (nSPS) is 10.1. The van der Waals surface area contributed by atoms with E-state index in [4.69, 9.17) is 9.47 Å². The van der Waals surface area contributed by atoms with E-state index in [9.17, 15) is 0 Å². The Morgan fingerprint density at radius 1 is 0.778 bits per heavy atom. The van der Waals surface area contributed by atoms with Crippen molar-refractivity contribution >= 4 is 0 Å². The number of rotatable bonds is 6. The zero-order chi connectivity index (χ0) is 12.6. The predicted molar refractivity (Wildman–Crippen MR) is 73.2 cm³/mol. The number of ether oxygens (including phenoxy) is 2. The van der Waals surface area contributed by atoms with E-state index < -0.39 is 0 Å². The largest absolute Gasteiger partial charge is 0.493 e. The number of aryl methyl sites for hydroxylation is 1. The minimum atomic E-state index is 0.676. The molecule has 0 bridgehead atoms. The summed E-state index contributed by atoms with van der Waals surface area (Å²) in [5.74, 6) is 1.87. The summed E-state index contributed by atoms with van der Waals surface area (Å²) in [6, 6.07) is 17.9. The summed E-state index contributed by atoms with van der Waals surface area (Å²) >= 11 is 0. The summed E-state index contributed by atoms with van der Waals surface area (Å²) < 4.78 is 11.3. The second kappa shape index (κ2) is 6.70. The monoisotopic (exact) mass is 242 g/mol. The predicted octanol–water partition coefficient (Wildman–Crippen LogP) is 3.84. The highest BCUT2D eigenvalue weighted by Crippen LogP contribution is 2.16. The highest BCUT2D eigenvalue weighted by Gasteiger charge is 1.97. The summed E-state index contributed by atoms with van der Waals surface area (Å²) in [5, 5.41) is 0. The van der Waals surface area contributed by atoms with E-state index >= 15 is 0 Å². The van der Waals surface area contributed by atoms with Crippen molar-refractivity contribution in [2.75, 3.05) is 13.2 Å². The van der Waals surface area contributed by atoms with Gasteiger partial charge in [0, 0.05) is 6.42 Å². The fourth-order valence-corrected chi connectivity index (χ4v) is 1.67. The van der Waals surface area contributed by atoms with Crippen molar-refractivity contribution in [3.05, 3.63) is 60.2 Å². The van der Waals surface area contributed by atoms with Gasteiger partial charge in [-0.15, -0.1) is 0 Å². The Labute approximate surface area is 108 Å². The maximum absolute atomic E-state index is 5.69. The van der Waals surface area contributed by atoms with Crippen molar-refractivity contribution in [2.45, 2.75) is 13.3 Å². The van der Waals surface area contributed by atoms with Crippen molar-refractivity contribution in [2.24, 2.45) is 0 Å². The minimum absolute atomic E-state index is 0.676. The third-order valence-corrected chi connectivity index (χ3v) is 2.65. The molecule has 0 fully saturated rings. The van der Waals surface area contributed by atoms with Crippen LogP contribution in [0.25, 0.3) is 0 Å². The van der Waals surface area contributed by atoms with E-state index in [2.05, 4.69) is 13.0 Å². The second-order valence-corrected chi connectivity index (χ2v) is 4.13. The first-order chi connectivity index (χ1) is 8.86. The molecule has 0 aliphatic rings. The number of hydrogen-bond donors (Lipinski definition) is 0. The molecule has 0 heterocycles. The molecule has 0 aliphatic carbocycles. The number of hydrogen-bond acceptors (Lipinski definition) is 2. The Balaban J connectivity index is 1.66. The van der Waals surface area contributed by atoms with Crippen LogP contribution in [0.15, 0.2) is 54.6 Å². The second-order valence-electron chi connectivity index (χ2n) is 4.13. The first-order valence-corrected chi connectivity index (χ1v) is 6.22. The zero-order valence-electron chi connectivity index (χ0n) is 10.6. The molecular formula is C16H18O2. The lowest BCUT2D eigenvalue weighted by Crippen LogP contribution is -2.05. The van der Waals surface area contributed by atoms with Gasteiger partial charge in [0.25, 0.3) is 0 Å².